The molecule has 0 bridgehead atoms. The third kappa shape index (κ3) is 5.88. The Hall–Kier alpha value is -3.09. The third-order valence-corrected chi connectivity index (χ3v) is 6.76. The van der Waals surface area contributed by atoms with E-state index in [0.29, 0.717) is 41.3 Å². The average Bonchev–Trinajstić information content (AvgIpc) is 2.86. The summed E-state index contributed by atoms with van der Waals surface area (Å²) in [4.78, 5) is 26.2. The minimum atomic E-state index is 0.0622. The van der Waals surface area contributed by atoms with E-state index in [0.717, 1.165) is 24.3 Å². The maximum atomic E-state index is 13.2. The van der Waals surface area contributed by atoms with Crippen molar-refractivity contribution < 1.29 is 4.79 Å². The van der Waals surface area contributed by atoms with Crippen molar-refractivity contribution in [3.63, 3.8) is 0 Å². The van der Waals surface area contributed by atoms with Gasteiger partial charge >= 0.3 is 0 Å². The number of nitrogens with zero attached hydrogens (tertiary/aromatic N) is 4. The fourth-order valence-corrected chi connectivity index (χ4v) is 5.00. The molecule has 0 spiro atoms. The van der Waals surface area contributed by atoms with E-state index in [1.807, 2.05) is 52.3 Å². The van der Waals surface area contributed by atoms with E-state index < -0.39 is 0 Å². The average molecular weight is 491 g/mol. The Labute approximate surface area is 210 Å². The van der Waals surface area contributed by atoms with Gasteiger partial charge in [-0.25, -0.2) is 9.97 Å². The van der Waals surface area contributed by atoms with Crippen molar-refractivity contribution in [2.45, 2.75) is 23.9 Å². The number of amides is 1. The van der Waals surface area contributed by atoms with Gasteiger partial charge in [-0.05, 0) is 35.2 Å². The highest BCUT2D eigenvalue weighted by Crippen LogP contribution is 2.26. The molecule has 174 valence electrons. The summed E-state index contributed by atoms with van der Waals surface area (Å²) in [6.07, 6.45) is 4.52. The van der Waals surface area contributed by atoms with Gasteiger partial charge in [0.1, 0.15) is 11.0 Å². The van der Waals surface area contributed by atoms with Gasteiger partial charge in [0.15, 0.2) is 5.16 Å². The summed E-state index contributed by atoms with van der Waals surface area (Å²) in [7, 11) is 0. The molecule has 0 radical (unpaired) electrons. The predicted octanol–water partition coefficient (Wildman–Crippen LogP) is 5.80. The molecule has 1 amide bonds. The minimum absolute atomic E-state index is 0.0622. The van der Waals surface area contributed by atoms with E-state index in [1.165, 1.54) is 22.9 Å². The number of rotatable bonds is 9. The summed E-state index contributed by atoms with van der Waals surface area (Å²) < 4.78 is 0. The van der Waals surface area contributed by atoms with Crippen molar-refractivity contribution in [1.82, 2.24) is 14.9 Å². The molecule has 7 heteroatoms. The van der Waals surface area contributed by atoms with Crippen LogP contribution in [0.15, 0.2) is 85.1 Å². The van der Waals surface area contributed by atoms with Crippen LogP contribution in [0, 0.1) is 0 Å². The summed E-state index contributed by atoms with van der Waals surface area (Å²) in [6.45, 7) is 10.3. The topological polar surface area (TPSA) is 49.3 Å². The number of hydrogen-bond donors (Lipinski definition) is 0. The van der Waals surface area contributed by atoms with Gasteiger partial charge in [0, 0.05) is 43.6 Å². The molecule has 0 fully saturated rings. The second-order valence-electron chi connectivity index (χ2n) is 8.05. The van der Waals surface area contributed by atoms with Crippen LogP contribution in [0.2, 0.25) is 5.15 Å². The molecule has 3 aromatic rings. The molecule has 1 aliphatic rings. The zero-order valence-corrected chi connectivity index (χ0v) is 20.6. The smallest absolute Gasteiger partial charge is 0.254 e. The Morgan fingerprint density at radius 1 is 1.06 bits per heavy atom. The number of halogens is 1. The lowest BCUT2D eigenvalue weighted by molar-refractivity contribution is 0.0734. The highest BCUT2D eigenvalue weighted by molar-refractivity contribution is 7.98. The zero-order chi connectivity index (χ0) is 23.9. The van der Waals surface area contributed by atoms with E-state index in [4.69, 9.17) is 11.6 Å². The van der Waals surface area contributed by atoms with Crippen LogP contribution in [0.25, 0.3) is 0 Å². The number of carbonyl (C=O) groups is 1. The second kappa shape index (κ2) is 11.4. The van der Waals surface area contributed by atoms with Crippen molar-refractivity contribution in [2.75, 3.05) is 24.5 Å². The fourth-order valence-electron chi connectivity index (χ4n) is 3.98. The number of aromatic nitrogens is 2. The lowest BCUT2D eigenvalue weighted by Crippen LogP contribution is -2.35. The largest absolute Gasteiger partial charge is 0.349 e. The molecule has 2 aromatic carbocycles. The lowest BCUT2D eigenvalue weighted by Gasteiger charge is -2.29. The maximum Gasteiger partial charge on any atom is 0.254 e. The van der Waals surface area contributed by atoms with Crippen LogP contribution < -0.4 is 4.90 Å². The monoisotopic (exact) mass is 490 g/mol. The van der Waals surface area contributed by atoms with Crippen LogP contribution in [-0.4, -0.2) is 40.4 Å². The number of thioether (sulfide) groups is 1. The molecule has 1 aliphatic heterocycles. The molecule has 1 aromatic heterocycles. The Balaban J connectivity index is 1.45. The van der Waals surface area contributed by atoms with E-state index in [1.54, 1.807) is 6.07 Å². The first kappa shape index (κ1) is 24.0. The Morgan fingerprint density at radius 2 is 1.82 bits per heavy atom. The normalized spacial score (nSPS) is 12.7. The van der Waals surface area contributed by atoms with Crippen molar-refractivity contribution in [3.05, 3.63) is 107 Å². The minimum Gasteiger partial charge on any atom is -0.349 e. The Kier molecular flexibility index (Phi) is 8.03. The van der Waals surface area contributed by atoms with Gasteiger partial charge in [-0.1, -0.05) is 71.9 Å². The zero-order valence-electron chi connectivity index (χ0n) is 19.0. The predicted molar refractivity (Wildman–Crippen MR) is 141 cm³/mol. The molecule has 4 rings (SSSR count). The lowest BCUT2D eigenvalue weighted by atomic mass is 9.99. The van der Waals surface area contributed by atoms with Crippen LogP contribution in [0.4, 0.5) is 5.82 Å². The fraction of sp³-hybridized carbons (Fsp3) is 0.222. The molecule has 0 aliphatic carbocycles. The molecule has 2 heterocycles. The maximum absolute atomic E-state index is 13.2. The van der Waals surface area contributed by atoms with E-state index in [2.05, 4.69) is 41.3 Å². The van der Waals surface area contributed by atoms with Crippen molar-refractivity contribution in [2.24, 2.45) is 0 Å². The number of hydrogen-bond acceptors (Lipinski definition) is 5. The van der Waals surface area contributed by atoms with Gasteiger partial charge in [0.2, 0.25) is 0 Å². The Bertz CT molecular complexity index is 1190. The summed E-state index contributed by atoms with van der Waals surface area (Å²) in [5.41, 5.74) is 4.29. The molecule has 0 saturated heterocycles. The molecule has 0 saturated carbocycles. The van der Waals surface area contributed by atoms with Crippen molar-refractivity contribution >= 4 is 35.1 Å². The number of carbonyl (C=O) groups excluding carboxylic acids is 1. The van der Waals surface area contributed by atoms with Crippen LogP contribution in [0.1, 0.15) is 27.0 Å². The quantitative estimate of drug-likeness (QED) is 0.164. The van der Waals surface area contributed by atoms with Crippen LogP contribution in [-0.2, 0) is 18.7 Å². The standard InChI is InChI=1S/C27H27ClN4OS/c1-3-13-31(14-4-2)25-17-24(28)29-27(30-25)34-19-20-8-7-11-22(16-20)26(33)32-15-12-21-9-5-6-10-23(21)18-32/h3-11,16-17H,1-2,12-15,18-19H2. The first-order valence-electron chi connectivity index (χ1n) is 11.2. The highest BCUT2D eigenvalue weighted by Gasteiger charge is 2.21. The van der Waals surface area contributed by atoms with Crippen LogP contribution >= 0.6 is 23.4 Å². The molecule has 0 atom stereocenters. The first-order valence-corrected chi connectivity index (χ1v) is 12.5. The molecule has 34 heavy (non-hydrogen) atoms. The highest BCUT2D eigenvalue weighted by atomic mass is 35.5. The van der Waals surface area contributed by atoms with Crippen LogP contribution in [0.3, 0.4) is 0 Å². The van der Waals surface area contributed by atoms with Gasteiger partial charge in [-0.3, -0.25) is 4.79 Å². The van der Waals surface area contributed by atoms with Gasteiger partial charge in [-0.15, -0.1) is 13.2 Å². The molecule has 0 unspecified atom stereocenters. The van der Waals surface area contributed by atoms with E-state index in [-0.39, 0.29) is 5.91 Å². The number of fused-ring (bicyclic) bond motifs is 1. The summed E-state index contributed by atoms with van der Waals surface area (Å²) in [6, 6.07) is 17.9. The third-order valence-electron chi connectivity index (χ3n) is 5.64. The van der Waals surface area contributed by atoms with E-state index in [9.17, 15) is 4.79 Å². The van der Waals surface area contributed by atoms with Crippen molar-refractivity contribution in [3.8, 4) is 0 Å². The molecule has 0 N–H and O–H groups in total. The first-order chi connectivity index (χ1) is 16.6. The van der Waals surface area contributed by atoms with Gasteiger partial charge in [-0.2, -0.15) is 0 Å². The summed E-state index contributed by atoms with van der Waals surface area (Å²) >= 11 is 7.76. The van der Waals surface area contributed by atoms with Gasteiger partial charge < -0.3 is 9.80 Å². The summed E-state index contributed by atoms with van der Waals surface area (Å²) in [5.74, 6) is 1.43. The van der Waals surface area contributed by atoms with Crippen LogP contribution in [0.5, 0.6) is 0 Å². The second-order valence-corrected chi connectivity index (χ2v) is 9.38. The van der Waals surface area contributed by atoms with E-state index >= 15 is 0 Å². The summed E-state index contributed by atoms with van der Waals surface area (Å²) in [5, 5.41) is 0.977. The number of anilines is 1. The number of benzene rings is 2. The Morgan fingerprint density at radius 3 is 2.59 bits per heavy atom. The van der Waals surface area contributed by atoms with Crippen molar-refractivity contribution in [1.29, 1.82) is 0 Å². The van der Waals surface area contributed by atoms with Gasteiger partial charge in [0.05, 0.1) is 0 Å². The molecule has 5 nitrogen and oxygen atoms in total. The molecular formula is C27H27ClN4OS. The molecular weight excluding hydrogens is 464 g/mol. The SMILES string of the molecule is C=CCN(CC=C)c1cc(Cl)nc(SCc2cccc(C(=O)N3CCc4ccccc4C3)c2)n1. The van der Waals surface area contributed by atoms with Gasteiger partial charge in [0.25, 0.3) is 5.91 Å².